The minimum absolute atomic E-state index is 0.116. The van der Waals surface area contributed by atoms with Gasteiger partial charge in [-0.25, -0.2) is 18.6 Å². The molecule has 1 fully saturated rings. The summed E-state index contributed by atoms with van der Waals surface area (Å²) in [7, 11) is 1.28. The van der Waals surface area contributed by atoms with Crippen LogP contribution < -0.4 is 0 Å². The number of methoxy groups -OCH3 is 1. The molecule has 34 heavy (non-hydrogen) atoms. The van der Waals surface area contributed by atoms with Crippen LogP contribution in [0.3, 0.4) is 0 Å². The number of piperazine rings is 1. The molecule has 0 N–H and O–H groups in total. The van der Waals surface area contributed by atoms with Crippen LogP contribution in [0.4, 0.5) is 8.78 Å². The predicted molar refractivity (Wildman–Crippen MR) is 120 cm³/mol. The summed E-state index contributed by atoms with van der Waals surface area (Å²) in [4.78, 5) is 32.5. The summed E-state index contributed by atoms with van der Waals surface area (Å²) in [6.07, 6.45) is 2.77. The van der Waals surface area contributed by atoms with E-state index in [1.807, 2.05) is 0 Å². The molecular formula is C25H23F2N3O4. The average molecular weight is 467 g/mol. The lowest BCUT2D eigenvalue weighted by Crippen LogP contribution is -2.47. The predicted octanol–water partition coefficient (Wildman–Crippen LogP) is 3.52. The molecule has 2 heterocycles. The highest BCUT2D eigenvalue weighted by atomic mass is 19.1. The molecule has 0 bridgehead atoms. The standard InChI is InChI=1S/C25H23F2N3O4/c1-33-25(32)22-16-34-23(28-22)15-29-10-12-30(13-11-29)24(31)14-21(17-2-6-19(26)7-3-17)18-4-8-20(27)9-5-18/h2-9,14,16H,10-13,15H2,1H3. The molecule has 4 rings (SSSR count). The lowest BCUT2D eigenvalue weighted by Gasteiger charge is -2.33. The van der Waals surface area contributed by atoms with Gasteiger partial charge in [0.2, 0.25) is 11.8 Å². The van der Waals surface area contributed by atoms with Crippen molar-refractivity contribution in [1.82, 2.24) is 14.8 Å². The van der Waals surface area contributed by atoms with Gasteiger partial charge in [-0.3, -0.25) is 9.69 Å². The zero-order chi connectivity index (χ0) is 24.1. The van der Waals surface area contributed by atoms with Gasteiger partial charge in [-0.2, -0.15) is 0 Å². The fraction of sp³-hybridized carbons (Fsp3) is 0.240. The van der Waals surface area contributed by atoms with Crippen molar-refractivity contribution in [3.63, 3.8) is 0 Å². The van der Waals surface area contributed by atoms with Gasteiger partial charge in [-0.1, -0.05) is 24.3 Å². The summed E-state index contributed by atoms with van der Waals surface area (Å²) in [6, 6.07) is 11.7. The summed E-state index contributed by atoms with van der Waals surface area (Å²) >= 11 is 0. The molecule has 0 atom stereocenters. The van der Waals surface area contributed by atoms with Crippen LogP contribution in [0.15, 0.2) is 65.3 Å². The number of oxazole rings is 1. The van der Waals surface area contributed by atoms with E-state index in [-0.39, 0.29) is 23.2 Å². The van der Waals surface area contributed by atoms with E-state index in [0.717, 1.165) is 0 Å². The molecule has 0 radical (unpaired) electrons. The molecule has 1 saturated heterocycles. The van der Waals surface area contributed by atoms with Gasteiger partial charge >= 0.3 is 5.97 Å². The maximum atomic E-state index is 13.4. The molecule has 1 aromatic heterocycles. The van der Waals surface area contributed by atoms with Crippen molar-refractivity contribution in [2.45, 2.75) is 6.54 Å². The molecule has 0 aliphatic carbocycles. The van der Waals surface area contributed by atoms with Crippen LogP contribution in [0, 0.1) is 11.6 Å². The highest BCUT2D eigenvalue weighted by Gasteiger charge is 2.23. The summed E-state index contributed by atoms with van der Waals surface area (Å²) in [6.45, 7) is 2.57. The molecule has 7 nitrogen and oxygen atoms in total. The van der Waals surface area contributed by atoms with Crippen molar-refractivity contribution < 1.29 is 27.5 Å². The Kier molecular flexibility index (Phi) is 7.12. The van der Waals surface area contributed by atoms with Crippen molar-refractivity contribution in [2.75, 3.05) is 33.3 Å². The monoisotopic (exact) mass is 467 g/mol. The van der Waals surface area contributed by atoms with Crippen molar-refractivity contribution in [3.05, 3.63) is 95.2 Å². The van der Waals surface area contributed by atoms with Gasteiger partial charge in [-0.15, -0.1) is 0 Å². The number of esters is 1. The average Bonchev–Trinajstić information content (AvgIpc) is 3.32. The number of hydrogen-bond donors (Lipinski definition) is 0. The first kappa shape index (κ1) is 23.3. The van der Waals surface area contributed by atoms with Crippen LogP contribution in [0.1, 0.15) is 27.5 Å². The Morgan fingerprint density at radius 3 is 2.06 bits per heavy atom. The van der Waals surface area contributed by atoms with Crippen molar-refractivity contribution in [1.29, 1.82) is 0 Å². The van der Waals surface area contributed by atoms with E-state index < -0.39 is 5.97 Å². The second-order valence-corrected chi connectivity index (χ2v) is 7.79. The zero-order valence-corrected chi connectivity index (χ0v) is 18.5. The highest BCUT2D eigenvalue weighted by Crippen LogP contribution is 2.25. The molecule has 0 spiro atoms. The first-order valence-corrected chi connectivity index (χ1v) is 10.7. The molecule has 1 amide bonds. The van der Waals surface area contributed by atoms with Gasteiger partial charge in [-0.05, 0) is 41.0 Å². The fourth-order valence-corrected chi connectivity index (χ4v) is 3.71. The number of nitrogens with zero attached hydrogens (tertiary/aromatic N) is 3. The number of carbonyl (C=O) groups is 2. The molecule has 1 aliphatic heterocycles. The van der Waals surface area contributed by atoms with Gasteiger partial charge in [0.05, 0.1) is 13.7 Å². The Hall–Kier alpha value is -3.85. The van der Waals surface area contributed by atoms with E-state index >= 15 is 0 Å². The zero-order valence-electron chi connectivity index (χ0n) is 18.5. The van der Waals surface area contributed by atoms with Crippen LogP contribution in [-0.2, 0) is 16.1 Å². The minimum Gasteiger partial charge on any atom is -0.464 e. The number of halogens is 2. The number of amides is 1. The first-order valence-electron chi connectivity index (χ1n) is 10.7. The van der Waals surface area contributed by atoms with Gasteiger partial charge in [0.1, 0.15) is 17.9 Å². The normalized spacial score (nSPS) is 14.0. The van der Waals surface area contributed by atoms with Gasteiger partial charge in [0.25, 0.3) is 0 Å². The Balaban J connectivity index is 1.44. The third-order valence-corrected chi connectivity index (χ3v) is 5.57. The van der Waals surface area contributed by atoms with Crippen LogP contribution in [-0.4, -0.2) is 59.9 Å². The molecule has 0 unspecified atom stereocenters. The van der Waals surface area contributed by atoms with Crippen LogP contribution in [0.25, 0.3) is 5.57 Å². The Labute approximate surface area is 195 Å². The molecule has 176 valence electrons. The van der Waals surface area contributed by atoms with Gasteiger partial charge in [0.15, 0.2) is 5.69 Å². The fourth-order valence-electron chi connectivity index (χ4n) is 3.71. The van der Waals surface area contributed by atoms with Crippen molar-refractivity contribution in [3.8, 4) is 0 Å². The van der Waals surface area contributed by atoms with E-state index in [4.69, 9.17) is 4.42 Å². The summed E-state index contributed by atoms with van der Waals surface area (Å²) < 4.78 is 36.8. The maximum absolute atomic E-state index is 13.4. The third-order valence-electron chi connectivity index (χ3n) is 5.57. The summed E-state index contributed by atoms with van der Waals surface area (Å²) in [5, 5.41) is 0. The lowest BCUT2D eigenvalue weighted by molar-refractivity contribution is -0.127. The largest absolute Gasteiger partial charge is 0.464 e. The van der Waals surface area contributed by atoms with E-state index in [2.05, 4.69) is 14.6 Å². The molecular weight excluding hydrogens is 444 g/mol. The SMILES string of the molecule is COC(=O)c1coc(CN2CCN(C(=O)C=C(c3ccc(F)cc3)c3ccc(F)cc3)CC2)n1. The maximum Gasteiger partial charge on any atom is 0.360 e. The minimum atomic E-state index is -0.560. The molecule has 1 aliphatic rings. The lowest BCUT2D eigenvalue weighted by atomic mass is 9.97. The Morgan fingerprint density at radius 1 is 0.971 bits per heavy atom. The third kappa shape index (κ3) is 5.55. The Bertz CT molecular complexity index is 1130. The Morgan fingerprint density at radius 2 is 1.53 bits per heavy atom. The first-order chi connectivity index (χ1) is 16.4. The summed E-state index contributed by atoms with van der Waals surface area (Å²) in [5.41, 5.74) is 2.02. The molecule has 3 aromatic rings. The number of aromatic nitrogens is 1. The van der Waals surface area contributed by atoms with Crippen molar-refractivity contribution in [2.24, 2.45) is 0 Å². The van der Waals surface area contributed by atoms with Gasteiger partial charge in [0, 0.05) is 32.3 Å². The summed E-state index contributed by atoms with van der Waals surface area (Å²) in [5.74, 6) is -1.11. The van der Waals surface area contributed by atoms with E-state index in [1.54, 1.807) is 29.2 Å². The quantitative estimate of drug-likeness (QED) is 0.408. The van der Waals surface area contributed by atoms with Crippen molar-refractivity contribution >= 4 is 17.4 Å². The highest BCUT2D eigenvalue weighted by molar-refractivity contribution is 5.99. The molecule has 9 heteroatoms. The van der Waals surface area contributed by atoms with Crippen LogP contribution in [0.2, 0.25) is 0 Å². The number of rotatable bonds is 6. The smallest absolute Gasteiger partial charge is 0.360 e. The van der Waals surface area contributed by atoms with Crippen LogP contribution in [0.5, 0.6) is 0 Å². The van der Waals surface area contributed by atoms with Crippen LogP contribution >= 0.6 is 0 Å². The topological polar surface area (TPSA) is 75.9 Å². The second-order valence-electron chi connectivity index (χ2n) is 7.79. The number of benzene rings is 2. The number of ether oxygens (including phenoxy) is 1. The number of hydrogen-bond acceptors (Lipinski definition) is 6. The molecule has 2 aromatic carbocycles. The second kappa shape index (κ2) is 10.4. The van der Waals surface area contributed by atoms with Gasteiger partial charge < -0.3 is 14.1 Å². The van der Waals surface area contributed by atoms with E-state index in [0.29, 0.717) is 55.3 Å². The van der Waals surface area contributed by atoms with E-state index in [1.165, 1.54) is 43.7 Å². The molecule has 0 saturated carbocycles. The number of carbonyl (C=O) groups excluding carboxylic acids is 2. The van der Waals surface area contributed by atoms with E-state index in [9.17, 15) is 18.4 Å².